The number of hydrogen-bond donors (Lipinski definition) is 1. The molecule has 0 radical (unpaired) electrons. The van der Waals surface area contributed by atoms with E-state index in [-0.39, 0.29) is 6.61 Å². The Bertz CT molecular complexity index is 475. The number of aromatic nitrogens is 2. The van der Waals surface area contributed by atoms with Gasteiger partial charge in [0.15, 0.2) is 0 Å². The largest absolute Gasteiger partial charge is 0.396 e. The minimum absolute atomic E-state index is 0.279. The van der Waals surface area contributed by atoms with E-state index in [4.69, 9.17) is 0 Å². The van der Waals surface area contributed by atoms with E-state index in [0.717, 1.165) is 30.9 Å². The van der Waals surface area contributed by atoms with Gasteiger partial charge >= 0.3 is 0 Å². The van der Waals surface area contributed by atoms with Gasteiger partial charge in [0, 0.05) is 25.8 Å². The summed E-state index contributed by atoms with van der Waals surface area (Å²) in [6, 6.07) is 4.15. The van der Waals surface area contributed by atoms with E-state index in [1.54, 1.807) is 11.3 Å². The lowest BCUT2D eigenvalue weighted by atomic mass is 9.99. The maximum atomic E-state index is 9.17. The van der Waals surface area contributed by atoms with Crippen molar-refractivity contribution in [3.05, 3.63) is 29.5 Å². The number of hydrogen-bond acceptors (Lipinski definition) is 3. The van der Waals surface area contributed by atoms with Crippen LogP contribution in [0, 0.1) is 5.92 Å². The van der Waals surface area contributed by atoms with Gasteiger partial charge in [0.25, 0.3) is 0 Å². The molecule has 0 spiro atoms. The number of aliphatic hydroxyl groups excluding tert-OH is 1. The highest BCUT2D eigenvalue weighted by atomic mass is 32.1. The molecular weight excluding hydrogens is 220 g/mol. The van der Waals surface area contributed by atoms with E-state index in [1.807, 2.05) is 0 Å². The molecule has 2 aromatic rings. The van der Waals surface area contributed by atoms with Crippen LogP contribution in [0.4, 0.5) is 0 Å². The van der Waals surface area contributed by atoms with Crippen molar-refractivity contribution in [2.75, 3.05) is 6.61 Å². The summed E-state index contributed by atoms with van der Waals surface area (Å²) in [5.74, 6) is 1.51. The first-order chi connectivity index (χ1) is 7.86. The van der Waals surface area contributed by atoms with Crippen molar-refractivity contribution in [2.45, 2.75) is 19.4 Å². The van der Waals surface area contributed by atoms with Gasteiger partial charge in [-0.05, 0) is 23.8 Å². The number of thiophene rings is 1. The second-order valence-corrected chi connectivity index (χ2v) is 5.20. The monoisotopic (exact) mass is 234 g/mol. The van der Waals surface area contributed by atoms with Crippen LogP contribution in [-0.4, -0.2) is 21.3 Å². The fraction of sp³-hybridized carbons (Fsp3) is 0.417. The summed E-state index contributed by atoms with van der Waals surface area (Å²) in [4.78, 5) is 5.88. The molecule has 1 atom stereocenters. The van der Waals surface area contributed by atoms with Gasteiger partial charge in [-0.25, -0.2) is 4.98 Å². The lowest BCUT2D eigenvalue weighted by Crippen LogP contribution is -2.21. The Morgan fingerprint density at radius 1 is 1.56 bits per heavy atom. The third-order valence-corrected chi connectivity index (χ3v) is 4.03. The predicted molar refractivity (Wildman–Crippen MR) is 64.4 cm³/mol. The van der Waals surface area contributed by atoms with E-state index in [0.29, 0.717) is 5.92 Å². The van der Waals surface area contributed by atoms with Crippen molar-refractivity contribution in [1.82, 2.24) is 9.55 Å². The Hall–Kier alpha value is -1.13. The molecule has 1 N–H and O–H groups in total. The zero-order valence-electron chi connectivity index (χ0n) is 8.97. The first-order valence-electron chi connectivity index (χ1n) is 5.57. The highest BCUT2D eigenvalue weighted by molar-refractivity contribution is 7.13. The quantitative estimate of drug-likeness (QED) is 0.864. The maximum absolute atomic E-state index is 9.17. The molecule has 0 bridgehead atoms. The zero-order valence-corrected chi connectivity index (χ0v) is 9.78. The van der Waals surface area contributed by atoms with Crippen molar-refractivity contribution < 1.29 is 5.11 Å². The summed E-state index contributed by atoms with van der Waals surface area (Å²) >= 11 is 1.72. The minimum Gasteiger partial charge on any atom is -0.396 e. The van der Waals surface area contributed by atoms with Crippen LogP contribution < -0.4 is 0 Å². The Labute approximate surface area is 98.4 Å². The molecule has 0 amide bonds. The number of rotatable bonds is 2. The van der Waals surface area contributed by atoms with Crippen molar-refractivity contribution >= 4 is 11.3 Å². The third-order valence-electron chi connectivity index (χ3n) is 3.14. The molecule has 3 rings (SSSR count). The number of aryl methyl sites for hydroxylation is 1. The molecule has 3 heterocycles. The van der Waals surface area contributed by atoms with Crippen LogP contribution in [0.3, 0.4) is 0 Å². The second kappa shape index (κ2) is 4.03. The molecule has 2 aromatic heterocycles. The summed E-state index contributed by atoms with van der Waals surface area (Å²) in [7, 11) is 0. The highest BCUT2D eigenvalue weighted by Gasteiger charge is 2.20. The fourth-order valence-corrected chi connectivity index (χ4v) is 2.87. The molecule has 1 aliphatic heterocycles. The Morgan fingerprint density at radius 3 is 3.25 bits per heavy atom. The predicted octanol–water partition coefficient (Wildman–Crippen LogP) is 2.17. The molecule has 1 aliphatic rings. The van der Waals surface area contributed by atoms with Gasteiger partial charge in [-0.2, -0.15) is 0 Å². The van der Waals surface area contributed by atoms with Crippen molar-refractivity contribution in [2.24, 2.45) is 5.92 Å². The number of nitrogens with zero attached hydrogens (tertiary/aromatic N) is 2. The molecule has 0 fully saturated rings. The van der Waals surface area contributed by atoms with Crippen LogP contribution in [-0.2, 0) is 13.0 Å². The average molecular weight is 234 g/mol. The lowest BCUT2D eigenvalue weighted by Gasteiger charge is -2.20. The minimum atomic E-state index is 0.279. The SMILES string of the molecule is OCC1CCn2cc(-c3cccs3)nc2C1. The van der Waals surface area contributed by atoms with Crippen LogP contribution in [0.1, 0.15) is 12.2 Å². The summed E-state index contributed by atoms with van der Waals surface area (Å²) in [5.41, 5.74) is 1.07. The zero-order chi connectivity index (χ0) is 11.0. The molecule has 1 unspecified atom stereocenters. The molecule has 84 valence electrons. The molecule has 0 aliphatic carbocycles. The van der Waals surface area contributed by atoms with Gasteiger partial charge in [0.1, 0.15) is 5.82 Å². The van der Waals surface area contributed by atoms with Gasteiger partial charge in [-0.3, -0.25) is 0 Å². The van der Waals surface area contributed by atoms with Crippen LogP contribution in [0.5, 0.6) is 0 Å². The molecular formula is C12H14N2OS. The van der Waals surface area contributed by atoms with Crippen LogP contribution in [0.25, 0.3) is 10.6 Å². The lowest BCUT2D eigenvalue weighted by molar-refractivity contribution is 0.199. The van der Waals surface area contributed by atoms with E-state index in [2.05, 4.69) is 33.3 Å². The smallest absolute Gasteiger partial charge is 0.109 e. The van der Waals surface area contributed by atoms with Gasteiger partial charge in [-0.1, -0.05) is 6.07 Å². The van der Waals surface area contributed by atoms with Gasteiger partial charge in [0.05, 0.1) is 10.6 Å². The first-order valence-corrected chi connectivity index (χ1v) is 6.45. The van der Waals surface area contributed by atoms with E-state index >= 15 is 0 Å². The Kier molecular flexibility index (Phi) is 2.53. The molecule has 16 heavy (non-hydrogen) atoms. The third kappa shape index (κ3) is 1.68. The van der Waals surface area contributed by atoms with Crippen molar-refractivity contribution in [3.8, 4) is 10.6 Å². The van der Waals surface area contributed by atoms with Crippen molar-refractivity contribution in [1.29, 1.82) is 0 Å². The molecule has 0 saturated heterocycles. The van der Waals surface area contributed by atoms with E-state index < -0.39 is 0 Å². The molecule has 3 nitrogen and oxygen atoms in total. The summed E-state index contributed by atoms with van der Waals surface area (Å²) in [5, 5.41) is 11.2. The average Bonchev–Trinajstić information content (AvgIpc) is 2.96. The molecule has 0 aromatic carbocycles. The normalized spacial score (nSPS) is 19.7. The summed E-state index contributed by atoms with van der Waals surface area (Å²) < 4.78 is 2.22. The molecule has 4 heteroatoms. The number of aliphatic hydroxyl groups is 1. The van der Waals surface area contributed by atoms with Gasteiger partial charge in [0.2, 0.25) is 0 Å². The number of fused-ring (bicyclic) bond motifs is 1. The maximum Gasteiger partial charge on any atom is 0.109 e. The fourth-order valence-electron chi connectivity index (χ4n) is 2.19. The summed E-state index contributed by atoms with van der Waals surface area (Å²) in [6.45, 7) is 1.26. The van der Waals surface area contributed by atoms with Crippen LogP contribution >= 0.6 is 11.3 Å². The van der Waals surface area contributed by atoms with Crippen molar-refractivity contribution in [3.63, 3.8) is 0 Å². The standard InChI is InChI=1S/C12H14N2OS/c15-8-9-3-4-14-7-10(13-12(14)6-9)11-2-1-5-16-11/h1-2,5,7,9,15H,3-4,6,8H2. The first kappa shape index (κ1) is 10.1. The highest BCUT2D eigenvalue weighted by Crippen LogP contribution is 2.27. The Morgan fingerprint density at radius 2 is 2.50 bits per heavy atom. The number of imidazole rings is 1. The van der Waals surface area contributed by atoms with Gasteiger partial charge < -0.3 is 9.67 Å². The van der Waals surface area contributed by atoms with Gasteiger partial charge in [-0.15, -0.1) is 11.3 Å². The van der Waals surface area contributed by atoms with E-state index in [9.17, 15) is 5.11 Å². The molecule has 0 saturated carbocycles. The summed E-state index contributed by atoms with van der Waals surface area (Å²) in [6.07, 6.45) is 4.10. The van der Waals surface area contributed by atoms with E-state index in [1.165, 1.54) is 4.88 Å². The van der Waals surface area contributed by atoms with Crippen LogP contribution in [0.15, 0.2) is 23.7 Å². The van der Waals surface area contributed by atoms with Crippen LogP contribution in [0.2, 0.25) is 0 Å². The topological polar surface area (TPSA) is 38.0 Å². The second-order valence-electron chi connectivity index (χ2n) is 4.25. The Balaban J connectivity index is 1.92.